The first-order chi connectivity index (χ1) is 12.6. The van der Waals surface area contributed by atoms with Gasteiger partial charge in [-0.15, -0.1) is 0 Å². The molecule has 26 heavy (non-hydrogen) atoms. The fourth-order valence-electron chi connectivity index (χ4n) is 3.68. The summed E-state index contributed by atoms with van der Waals surface area (Å²) < 4.78 is 0. The lowest BCUT2D eigenvalue weighted by Gasteiger charge is -2.46. The Morgan fingerprint density at radius 2 is 1.35 bits per heavy atom. The van der Waals surface area contributed by atoms with Crippen LogP contribution in [0.15, 0.2) is 30.3 Å². The second kappa shape index (κ2) is 11.0. The number of likely N-dealkylation sites (tertiary alicyclic amines) is 1. The van der Waals surface area contributed by atoms with Crippen molar-refractivity contribution in [3.05, 3.63) is 35.9 Å². The number of benzene rings is 1. The van der Waals surface area contributed by atoms with Gasteiger partial charge in [-0.25, -0.2) is 0 Å². The number of hydrogen-bond donors (Lipinski definition) is 5. The smallest absolute Gasteiger partial charge is 0.136 e. The third kappa shape index (κ3) is 5.74. The molecule has 1 fully saturated rings. The minimum Gasteiger partial charge on any atom is -0.395 e. The molecule has 1 aliphatic heterocycles. The van der Waals surface area contributed by atoms with Gasteiger partial charge in [-0.3, -0.25) is 4.90 Å². The minimum absolute atomic E-state index is 0.374. The van der Waals surface area contributed by atoms with Crippen molar-refractivity contribution in [3.8, 4) is 0 Å². The number of aliphatic hydroxyl groups excluding tert-OH is 5. The molecule has 0 bridgehead atoms. The molecule has 2 rings (SSSR count). The summed E-state index contributed by atoms with van der Waals surface area (Å²) in [5.74, 6) is 0. The van der Waals surface area contributed by atoms with Crippen LogP contribution in [-0.4, -0.2) is 74.2 Å². The van der Waals surface area contributed by atoms with E-state index >= 15 is 0 Å². The average Bonchev–Trinajstić information content (AvgIpc) is 2.67. The fraction of sp³-hybridized carbons (Fsp3) is 0.700. The molecule has 6 heteroatoms. The highest BCUT2D eigenvalue weighted by molar-refractivity contribution is 5.14. The first-order valence-electron chi connectivity index (χ1n) is 9.69. The van der Waals surface area contributed by atoms with E-state index in [1.165, 1.54) is 23.3 Å². The Kier molecular flexibility index (Phi) is 8.98. The van der Waals surface area contributed by atoms with Gasteiger partial charge in [0.2, 0.25) is 0 Å². The average molecular weight is 367 g/mol. The Hall–Kier alpha value is -1.02. The van der Waals surface area contributed by atoms with Crippen molar-refractivity contribution in [2.75, 3.05) is 13.2 Å². The van der Waals surface area contributed by atoms with Crippen molar-refractivity contribution < 1.29 is 25.5 Å². The molecule has 1 aliphatic rings. The summed E-state index contributed by atoms with van der Waals surface area (Å²) >= 11 is 0. The number of rotatable bonds is 10. The first-order valence-corrected chi connectivity index (χ1v) is 9.69. The van der Waals surface area contributed by atoms with E-state index < -0.39 is 30.6 Å². The van der Waals surface area contributed by atoms with E-state index in [4.69, 9.17) is 0 Å². The van der Waals surface area contributed by atoms with Crippen LogP contribution in [0.3, 0.4) is 0 Å². The fourth-order valence-corrected chi connectivity index (χ4v) is 3.68. The molecule has 1 aromatic rings. The van der Waals surface area contributed by atoms with Gasteiger partial charge in [0.25, 0.3) is 0 Å². The van der Waals surface area contributed by atoms with Gasteiger partial charge in [0.05, 0.1) is 12.6 Å². The molecule has 5 N–H and O–H groups in total. The van der Waals surface area contributed by atoms with Gasteiger partial charge in [-0.2, -0.15) is 0 Å². The topological polar surface area (TPSA) is 104 Å². The van der Waals surface area contributed by atoms with Crippen molar-refractivity contribution in [2.45, 2.75) is 75.5 Å². The van der Waals surface area contributed by atoms with Gasteiger partial charge < -0.3 is 25.5 Å². The minimum atomic E-state index is -1.44. The molecule has 1 saturated heterocycles. The molecule has 6 nitrogen and oxygen atoms in total. The maximum atomic E-state index is 10.1. The lowest BCUT2D eigenvalue weighted by Crippen LogP contribution is -2.67. The third-order valence-electron chi connectivity index (χ3n) is 5.33. The second-order valence-corrected chi connectivity index (χ2v) is 7.23. The normalized spacial score (nSPS) is 29.8. The Morgan fingerprint density at radius 3 is 2.00 bits per heavy atom. The van der Waals surface area contributed by atoms with E-state index in [-0.39, 0.29) is 6.61 Å². The molecule has 1 heterocycles. The van der Waals surface area contributed by atoms with Crippen LogP contribution in [0.2, 0.25) is 0 Å². The molecule has 148 valence electrons. The van der Waals surface area contributed by atoms with Crippen molar-refractivity contribution in [1.29, 1.82) is 0 Å². The standard InChI is InChI=1S/C20H33NO5/c22-14-16-17(23)18(24)19(25)20(26)21(16)13-9-4-2-1-3-6-10-15-11-7-5-8-12-15/h5,7-8,11-12,16-20,22-26H,1-4,6,9-10,13-14H2/t16-,17-,18+,19-,20?/m1/s1. The molecule has 0 spiro atoms. The van der Waals surface area contributed by atoms with Crippen LogP contribution in [0.5, 0.6) is 0 Å². The highest BCUT2D eigenvalue weighted by Crippen LogP contribution is 2.24. The number of unbranched alkanes of at least 4 members (excludes halogenated alkanes) is 5. The van der Waals surface area contributed by atoms with Crippen LogP contribution >= 0.6 is 0 Å². The van der Waals surface area contributed by atoms with Crippen LogP contribution in [-0.2, 0) is 6.42 Å². The third-order valence-corrected chi connectivity index (χ3v) is 5.33. The van der Waals surface area contributed by atoms with E-state index in [0.717, 1.165) is 32.1 Å². The quantitative estimate of drug-likeness (QED) is 0.389. The predicted molar refractivity (Wildman–Crippen MR) is 99.5 cm³/mol. The van der Waals surface area contributed by atoms with Crippen LogP contribution in [0.25, 0.3) is 0 Å². The van der Waals surface area contributed by atoms with Gasteiger partial charge in [-0.05, 0) is 24.8 Å². The van der Waals surface area contributed by atoms with E-state index in [0.29, 0.717) is 6.54 Å². The molecule has 0 aliphatic carbocycles. The Bertz CT molecular complexity index is 500. The molecule has 0 saturated carbocycles. The number of aliphatic hydroxyl groups is 5. The number of hydrogen-bond acceptors (Lipinski definition) is 6. The van der Waals surface area contributed by atoms with Crippen molar-refractivity contribution >= 4 is 0 Å². The lowest BCUT2D eigenvalue weighted by atomic mass is 9.92. The van der Waals surface area contributed by atoms with Gasteiger partial charge in [0, 0.05) is 6.54 Å². The van der Waals surface area contributed by atoms with E-state index in [1.807, 2.05) is 6.07 Å². The van der Waals surface area contributed by atoms with Crippen LogP contribution < -0.4 is 0 Å². The van der Waals surface area contributed by atoms with Crippen molar-refractivity contribution in [2.24, 2.45) is 0 Å². The summed E-state index contributed by atoms with van der Waals surface area (Å²) in [5.41, 5.74) is 1.38. The molecule has 0 radical (unpaired) electrons. The van der Waals surface area contributed by atoms with E-state index in [1.54, 1.807) is 0 Å². The molecule has 5 atom stereocenters. The summed E-state index contributed by atoms with van der Waals surface area (Å²) in [5, 5.41) is 49.0. The SMILES string of the molecule is OC[C@@H]1[C@@H](O)[C@H](O)[C@@H](O)C(O)N1CCCCCCCCc1ccccc1. The highest BCUT2D eigenvalue weighted by Gasteiger charge is 2.46. The van der Waals surface area contributed by atoms with Crippen LogP contribution in [0.1, 0.15) is 44.1 Å². The number of nitrogens with zero attached hydrogens (tertiary/aromatic N) is 1. The molecule has 0 amide bonds. The summed E-state index contributed by atoms with van der Waals surface area (Å²) in [6.07, 6.45) is 2.11. The van der Waals surface area contributed by atoms with E-state index in [9.17, 15) is 25.5 Å². The maximum absolute atomic E-state index is 10.1. The summed E-state index contributed by atoms with van der Waals surface area (Å²) in [4.78, 5) is 1.50. The molecule has 0 aromatic heterocycles. The second-order valence-electron chi connectivity index (χ2n) is 7.23. The van der Waals surface area contributed by atoms with Gasteiger partial charge >= 0.3 is 0 Å². The van der Waals surface area contributed by atoms with Gasteiger partial charge in [-0.1, -0.05) is 56.0 Å². The van der Waals surface area contributed by atoms with Gasteiger partial charge in [0.15, 0.2) is 0 Å². The Morgan fingerprint density at radius 1 is 0.731 bits per heavy atom. The molecular weight excluding hydrogens is 334 g/mol. The first kappa shape index (κ1) is 21.3. The summed E-state index contributed by atoms with van der Waals surface area (Å²) in [6, 6.07) is 9.72. The number of aryl methyl sites for hydroxylation is 1. The zero-order chi connectivity index (χ0) is 18.9. The summed E-state index contributed by atoms with van der Waals surface area (Å²) in [7, 11) is 0. The largest absolute Gasteiger partial charge is 0.395 e. The van der Waals surface area contributed by atoms with E-state index in [2.05, 4.69) is 24.3 Å². The number of piperidine rings is 1. The van der Waals surface area contributed by atoms with Gasteiger partial charge in [0.1, 0.15) is 24.5 Å². The molecular formula is C20H33NO5. The van der Waals surface area contributed by atoms with Crippen molar-refractivity contribution in [1.82, 2.24) is 4.90 Å². The molecule has 1 unspecified atom stereocenters. The van der Waals surface area contributed by atoms with Crippen molar-refractivity contribution in [3.63, 3.8) is 0 Å². The zero-order valence-electron chi connectivity index (χ0n) is 15.3. The Balaban J connectivity index is 1.61. The lowest BCUT2D eigenvalue weighted by molar-refractivity contribution is -0.222. The predicted octanol–water partition coefficient (Wildman–Crippen LogP) is 0.647. The monoisotopic (exact) mass is 367 g/mol. The summed E-state index contributed by atoms with van der Waals surface area (Å²) in [6.45, 7) is 0.0960. The molecule has 1 aromatic carbocycles. The highest BCUT2D eigenvalue weighted by atomic mass is 16.4. The van der Waals surface area contributed by atoms with Crippen LogP contribution in [0.4, 0.5) is 0 Å². The zero-order valence-corrected chi connectivity index (χ0v) is 15.3. The Labute approximate surface area is 155 Å². The van der Waals surface area contributed by atoms with Crippen LogP contribution in [0, 0.1) is 0 Å². The maximum Gasteiger partial charge on any atom is 0.136 e.